The van der Waals surface area contributed by atoms with Crippen LogP contribution in [0.3, 0.4) is 0 Å². The Morgan fingerprint density at radius 2 is 1.71 bits per heavy atom. The number of aliphatic hydroxyl groups excluding tert-OH is 1. The van der Waals surface area contributed by atoms with Gasteiger partial charge in [0, 0.05) is 37.4 Å². The highest BCUT2D eigenvalue weighted by Gasteiger charge is 2.41. The zero-order valence-electron chi connectivity index (χ0n) is 22.4. The van der Waals surface area contributed by atoms with Crippen molar-refractivity contribution in [2.24, 2.45) is 0 Å². The van der Waals surface area contributed by atoms with Crippen LogP contribution in [0.5, 0.6) is 5.75 Å². The number of nitrogens with zero attached hydrogens (tertiary/aromatic N) is 2. The smallest absolute Gasteiger partial charge is 0.137 e. The Balaban J connectivity index is 1.37. The molecule has 2 atom stereocenters. The minimum absolute atomic E-state index is 0.209. The van der Waals surface area contributed by atoms with E-state index in [1.807, 2.05) is 49.4 Å². The number of imidazole rings is 1. The molecule has 198 valence electrons. The SMILES string of the molecule is COc1ccc(CCCC2(c3ccccc3)CNCCN2CC(O)c2nc(-c3ccccc3)[nH]c2C)cc1. The Labute approximate surface area is 225 Å². The van der Waals surface area contributed by atoms with Crippen LogP contribution in [0.2, 0.25) is 0 Å². The molecule has 3 N–H and O–H groups in total. The highest BCUT2D eigenvalue weighted by Crippen LogP contribution is 2.37. The van der Waals surface area contributed by atoms with Gasteiger partial charge < -0.3 is 20.1 Å². The van der Waals surface area contributed by atoms with Crippen molar-refractivity contribution in [2.45, 2.75) is 37.8 Å². The maximum absolute atomic E-state index is 11.5. The Morgan fingerprint density at radius 3 is 2.42 bits per heavy atom. The number of aromatic amines is 1. The van der Waals surface area contributed by atoms with E-state index in [2.05, 4.69) is 57.7 Å². The Morgan fingerprint density at radius 1 is 1.00 bits per heavy atom. The third kappa shape index (κ3) is 5.68. The lowest BCUT2D eigenvalue weighted by molar-refractivity contribution is 0.00374. The van der Waals surface area contributed by atoms with E-state index in [9.17, 15) is 5.11 Å². The van der Waals surface area contributed by atoms with Crippen LogP contribution >= 0.6 is 0 Å². The molecule has 4 aromatic rings. The van der Waals surface area contributed by atoms with Gasteiger partial charge in [-0.05, 0) is 49.4 Å². The zero-order chi connectivity index (χ0) is 26.4. The molecule has 1 aliphatic heterocycles. The molecule has 1 saturated heterocycles. The van der Waals surface area contributed by atoms with Gasteiger partial charge in [-0.25, -0.2) is 4.98 Å². The number of hydrogen-bond donors (Lipinski definition) is 3. The van der Waals surface area contributed by atoms with E-state index in [0.29, 0.717) is 6.54 Å². The van der Waals surface area contributed by atoms with Gasteiger partial charge in [0.2, 0.25) is 0 Å². The van der Waals surface area contributed by atoms with Crippen molar-refractivity contribution in [3.8, 4) is 17.1 Å². The van der Waals surface area contributed by atoms with Crippen LogP contribution in [0, 0.1) is 6.92 Å². The van der Waals surface area contributed by atoms with Crippen LogP contribution in [0.1, 0.15) is 41.5 Å². The number of aliphatic hydroxyl groups is 1. The van der Waals surface area contributed by atoms with Crippen LogP contribution in [-0.4, -0.2) is 53.3 Å². The molecule has 38 heavy (non-hydrogen) atoms. The molecule has 1 fully saturated rings. The molecule has 0 radical (unpaired) electrons. The van der Waals surface area contributed by atoms with Crippen molar-refractivity contribution < 1.29 is 9.84 Å². The largest absolute Gasteiger partial charge is 0.497 e. The number of benzene rings is 3. The van der Waals surface area contributed by atoms with E-state index in [-0.39, 0.29) is 5.54 Å². The number of hydrogen-bond acceptors (Lipinski definition) is 5. The second kappa shape index (κ2) is 11.9. The van der Waals surface area contributed by atoms with Crippen molar-refractivity contribution >= 4 is 0 Å². The maximum atomic E-state index is 11.5. The molecule has 0 bridgehead atoms. The van der Waals surface area contributed by atoms with Crippen molar-refractivity contribution in [3.63, 3.8) is 0 Å². The number of aryl methyl sites for hydroxylation is 2. The van der Waals surface area contributed by atoms with Gasteiger partial charge in [-0.3, -0.25) is 4.90 Å². The summed E-state index contributed by atoms with van der Waals surface area (Å²) in [5, 5.41) is 15.1. The highest BCUT2D eigenvalue weighted by atomic mass is 16.5. The molecular formula is C32H38N4O2. The average molecular weight is 511 g/mol. The molecule has 0 spiro atoms. The van der Waals surface area contributed by atoms with Gasteiger partial charge in [0.15, 0.2) is 0 Å². The van der Waals surface area contributed by atoms with Gasteiger partial charge in [-0.2, -0.15) is 0 Å². The van der Waals surface area contributed by atoms with E-state index in [1.165, 1.54) is 11.1 Å². The number of aromatic nitrogens is 2. The molecule has 2 heterocycles. The summed E-state index contributed by atoms with van der Waals surface area (Å²) in [6.45, 7) is 5.13. The molecule has 6 nitrogen and oxygen atoms in total. The third-order valence-electron chi connectivity index (χ3n) is 7.79. The normalized spacial score (nSPS) is 18.8. The summed E-state index contributed by atoms with van der Waals surface area (Å²) in [5.74, 6) is 1.68. The van der Waals surface area contributed by atoms with Gasteiger partial charge in [0.05, 0.1) is 18.3 Å². The predicted octanol–water partition coefficient (Wildman–Crippen LogP) is 5.25. The molecule has 2 unspecified atom stereocenters. The summed E-state index contributed by atoms with van der Waals surface area (Å²) in [6.07, 6.45) is 2.33. The Hall–Kier alpha value is -3.45. The standard InChI is InChI=1S/C32H38N4O2/c1-24-30(35-31(34-24)26-11-5-3-6-12-26)29(37)22-36-21-20-33-23-32(36,27-13-7-4-8-14-27)19-9-10-25-15-17-28(38-2)18-16-25/h3-8,11-18,29,33,37H,9-10,19-23H2,1-2H3,(H,34,35). The Bertz CT molecular complexity index is 1290. The number of H-pyrrole nitrogens is 1. The first-order chi connectivity index (χ1) is 18.6. The summed E-state index contributed by atoms with van der Waals surface area (Å²) in [4.78, 5) is 10.7. The second-order valence-electron chi connectivity index (χ2n) is 10.2. The number of ether oxygens (including phenoxy) is 1. The molecule has 1 aromatic heterocycles. The summed E-state index contributed by atoms with van der Waals surface area (Å²) >= 11 is 0. The minimum Gasteiger partial charge on any atom is -0.497 e. The van der Waals surface area contributed by atoms with Crippen LogP contribution in [0.25, 0.3) is 11.4 Å². The van der Waals surface area contributed by atoms with Crippen molar-refractivity contribution in [2.75, 3.05) is 33.3 Å². The number of rotatable bonds is 10. The average Bonchev–Trinajstić information content (AvgIpc) is 3.37. The lowest BCUT2D eigenvalue weighted by atomic mass is 9.81. The van der Waals surface area contributed by atoms with Gasteiger partial charge in [-0.1, -0.05) is 72.8 Å². The fraction of sp³-hybridized carbons (Fsp3) is 0.344. The van der Waals surface area contributed by atoms with Gasteiger partial charge in [-0.15, -0.1) is 0 Å². The van der Waals surface area contributed by atoms with Gasteiger partial charge in [0.25, 0.3) is 0 Å². The van der Waals surface area contributed by atoms with Crippen LogP contribution in [0.4, 0.5) is 0 Å². The molecular weight excluding hydrogens is 472 g/mol. The first-order valence-electron chi connectivity index (χ1n) is 13.5. The number of β-amino-alcohol motifs (C(OH)–C–C–N with tert-alkyl or cyclic N) is 1. The fourth-order valence-electron chi connectivity index (χ4n) is 5.73. The third-order valence-corrected chi connectivity index (χ3v) is 7.79. The van der Waals surface area contributed by atoms with Crippen LogP contribution in [-0.2, 0) is 12.0 Å². The molecule has 0 saturated carbocycles. The zero-order valence-corrected chi connectivity index (χ0v) is 22.4. The van der Waals surface area contributed by atoms with E-state index < -0.39 is 6.10 Å². The molecule has 1 aliphatic rings. The van der Waals surface area contributed by atoms with E-state index in [0.717, 1.165) is 67.4 Å². The summed E-state index contributed by atoms with van der Waals surface area (Å²) in [5.41, 5.74) is 5.05. The maximum Gasteiger partial charge on any atom is 0.137 e. The molecule has 6 heteroatoms. The topological polar surface area (TPSA) is 73.4 Å². The minimum atomic E-state index is -0.688. The van der Waals surface area contributed by atoms with Gasteiger partial charge in [0.1, 0.15) is 17.7 Å². The molecule has 0 aliphatic carbocycles. The summed E-state index contributed by atoms with van der Waals surface area (Å²) in [6, 6.07) is 29.2. The van der Waals surface area contributed by atoms with Crippen LogP contribution in [0.15, 0.2) is 84.9 Å². The van der Waals surface area contributed by atoms with E-state index in [1.54, 1.807) is 7.11 Å². The molecule has 0 amide bonds. The van der Waals surface area contributed by atoms with Crippen LogP contribution < -0.4 is 10.1 Å². The number of nitrogens with one attached hydrogen (secondary N) is 2. The van der Waals surface area contributed by atoms with Crippen molar-refractivity contribution in [1.82, 2.24) is 20.2 Å². The van der Waals surface area contributed by atoms with Crippen molar-refractivity contribution in [3.05, 3.63) is 107 Å². The monoisotopic (exact) mass is 510 g/mol. The van der Waals surface area contributed by atoms with E-state index >= 15 is 0 Å². The lowest BCUT2D eigenvalue weighted by Crippen LogP contribution is -2.60. The number of piperazine rings is 1. The Kier molecular flexibility index (Phi) is 8.23. The number of methoxy groups -OCH3 is 1. The first-order valence-corrected chi connectivity index (χ1v) is 13.5. The van der Waals surface area contributed by atoms with Crippen molar-refractivity contribution in [1.29, 1.82) is 0 Å². The summed E-state index contributed by atoms with van der Waals surface area (Å²) in [7, 11) is 1.70. The predicted molar refractivity (Wildman–Crippen MR) is 152 cm³/mol. The molecule has 3 aromatic carbocycles. The lowest BCUT2D eigenvalue weighted by Gasteiger charge is -2.49. The fourth-order valence-corrected chi connectivity index (χ4v) is 5.73. The quantitative estimate of drug-likeness (QED) is 0.272. The first kappa shape index (κ1) is 26.2. The molecule has 5 rings (SSSR count). The highest BCUT2D eigenvalue weighted by molar-refractivity contribution is 5.55. The van der Waals surface area contributed by atoms with Gasteiger partial charge >= 0.3 is 0 Å². The van der Waals surface area contributed by atoms with E-state index in [4.69, 9.17) is 9.72 Å². The second-order valence-corrected chi connectivity index (χ2v) is 10.2. The summed E-state index contributed by atoms with van der Waals surface area (Å²) < 4.78 is 5.32.